The number of Topliss-reactive ketones (excluding diaryl/α,β-unsaturated/α-hetero) is 2. The number of carbonyl (C=O) groups excluding carboxylic acids is 2. The van der Waals surface area contributed by atoms with Crippen molar-refractivity contribution in [3.05, 3.63) is 46.7 Å². The molecular formula is C24H32O3. The maximum absolute atomic E-state index is 12.6. The van der Waals surface area contributed by atoms with Crippen molar-refractivity contribution >= 4 is 11.6 Å². The maximum Gasteiger partial charge on any atom is 0.228 e. The topological polar surface area (TPSA) is 54.4 Å². The molecule has 0 atom stereocenters. The Balaban J connectivity index is 1.35. The Morgan fingerprint density at radius 3 is 2.07 bits per heavy atom. The zero-order chi connectivity index (χ0) is 19.1. The van der Waals surface area contributed by atoms with Crippen LogP contribution in [0, 0.1) is 5.92 Å². The SMILES string of the molecule is O=C1C(O)=C(CCCCCCCCC2CCCCC2)C(=O)c2ccccc21. The number of aliphatic hydroxyl groups is 1. The monoisotopic (exact) mass is 368 g/mol. The highest BCUT2D eigenvalue weighted by atomic mass is 16.3. The third kappa shape index (κ3) is 5.09. The lowest BCUT2D eigenvalue weighted by Crippen LogP contribution is -2.22. The quantitative estimate of drug-likeness (QED) is 0.501. The van der Waals surface area contributed by atoms with Crippen LogP contribution in [-0.2, 0) is 0 Å². The predicted molar refractivity (Wildman–Crippen MR) is 108 cm³/mol. The summed E-state index contributed by atoms with van der Waals surface area (Å²) in [6.07, 6.45) is 16.0. The van der Waals surface area contributed by atoms with Crippen molar-refractivity contribution in [2.45, 2.75) is 83.5 Å². The maximum atomic E-state index is 12.6. The van der Waals surface area contributed by atoms with Crippen LogP contribution in [0.4, 0.5) is 0 Å². The van der Waals surface area contributed by atoms with E-state index in [2.05, 4.69) is 0 Å². The van der Waals surface area contributed by atoms with Crippen LogP contribution in [0.1, 0.15) is 104 Å². The second kappa shape index (κ2) is 9.87. The molecule has 0 aliphatic heterocycles. The first kappa shape index (κ1) is 19.9. The molecule has 0 spiro atoms. The molecule has 0 amide bonds. The number of rotatable bonds is 9. The molecule has 1 saturated carbocycles. The summed E-state index contributed by atoms with van der Waals surface area (Å²) >= 11 is 0. The Morgan fingerprint density at radius 2 is 1.37 bits per heavy atom. The second-order valence-corrected chi connectivity index (χ2v) is 8.20. The number of ketones is 2. The highest BCUT2D eigenvalue weighted by molar-refractivity contribution is 6.25. The minimum absolute atomic E-state index is 0.185. The smallest absolute Gasteiger partial charge is 0.228 e. The van der Waals surface area contributed by atoms with E-state index in [0.717, 1.165) is 25.2 Å². The molecule has 1 N–H and O–H groups in total. The first-order valence-electron chi connectivity index (χ1n) is 10.8. The third-order valence-corrected chi connectivity index (χ3v) is 6.21. The highest BCUT2D eigenvalue weighted by Gasteiger charge is 2.31. The number of unbranched alkanes of at least 4 members (excludes halogenated alkanes) is 5. The van der Waals surface area contributed by atoms with Crippen molar-refractivity contribution < 1.29 is 14.7 Å². The van der Waals surface area contributed by atoms with Crippen molar-refractivity contribution in [1.29, 1.82) is 0 Å². The molecule has 0 aromatic heterocycles. The van der Waals surface area contributed by atoms with Gasteiger partial charge in [-0.3, -0.25) is 9.59 Å². The molecule has 0 radical (unpaired) electrons. The average Bonchev–Trinajstić information content (AvgIpc) is 2.71. The lowest BCUT2D eigenvalue weighted by atomic mass is 9.85. The fourth-order valence-corrected chi connectivity index (χ4v) is 4.56. The molecule has 0 unspecified atom stereocenters. The van der Waals surface area contributed by atoms with E-state index >= 15 is 0 Å². The number of carbonyl (C=O) groups is 2. The first-order chi connectivity index (χ1) is 13.2. The molecule has 3 heteroatoms. The molecule has 3 nitrogen and oxygen atoms in total. The van der Waals surface area contributed by atoms with E-state index in [-0.39, 0.29) is 11.5 Å². The molecule has 1 aromatic rings. The summed E-state index contributed by atoms with van der Waals surface area (Å²) < 4.78 is 0. The summed E-state index contributed by atoms with van der Waals surface area (Å²) in [6.45, 7) is 0. The molecule has 0 saturated heterocycles. The normalized spacial score (nSPS) is 18.1. The largest absolute Gasteiger partial charge is 0.504 e. The van der Waals surface area contributed by atoms with Crippen LogP contribution in [0.25, 0.3) is 0 Å². The van der Waals surface area contributed by atoms with E-state index in [0.29, 0.717) is 23.1 Å². The van der Waals surface area contributed by atoms with Crippen LogP contribution in [0.5, 0.6) is 0 Å². The number of fused-ring (bicyclic) bond motifs is 1. The van der Waals surface area contributed by atoms with E-state index in [1.165, 1.54) is 57.8 Å². The van der Waals surface area contributed by atoms with Crippen molar-refractivity contribution in [3.63, 3.8) is 0 Å². The lowest BCUT2D eigenvalue weighted by molar-refractivity contribution is 0.0926. The van der Waals surface area contributed by atoms with Gasteiger partial charge < -0.3 is 5.11 Å². The summed E-state index contributed by atoms with van der Waals surface area (Å²) in [4.78, 5) is 24.8. The van der Waals surface area contributed by atoms with E-state index < -0.39 is 5.78 Å². The summed E-state index contributed by atoms with van der Waals surface area (Å²) in [5.74, 6) is 0.0377. The van der Waals surface area contributed by atoms with Gasteiger partial charge in [-0.1, -0.05) is 94.9 Å². The molecule has 27 heavy (non-hydrogen) atoms. The summed E-state index contributed by atoms with van der Waals surface area (Å²) in [5, 5.41) is 10.2. The summed E-state index contributed by atoms with van der Waals surface area (Å²) in [5.41, 5.74) is 1.05. The zero-order valence-corrected chi connectivity index (χ0v) is 16.3. The minimum Gasteiger partial charge on any atom is -0.504 e. The van der Waals surface area contributed by atoms with Crippen LogP contribution in [0.3, 0.4) is 0 Å². The standard InChI is InChI=1S/C24H32O3/c25-22-19-15-10-11-16-20(19)23(26)24(27)21(22)17-9-4-2-1-3-6-12-18-13-7-5-8-14-18/h10-11,15-16,18,27H,1-9,12-14,17H2. The molecule has 1 aromatic carbocycles. The van der Waals surface area contributed by atoms with E-state index in [1.54, 1.807) is 24.3 Å². The number of hydrogen-bond acceptors (Lipinski definition) is 3. The van der Waals surface area contributed by atoms with E-state index in [1.807, 2.05) is 0 Å². The van der Waals surface area contributed by atoms with Gasteiger partial charge in [-0.25, -0.2) is 0 Å². The van der Waals surface area contributed by atoms with Crippen molar-refractivity contribution in [1.82, 2.24) is 0 Å². The Morgan fingerprint density at radius 1 is 0.778 bits per heavy atom. The van der Waals surface area contributed by atoms with Gasteiger partial charge in [0.1, 0.15) is 0 Å². The van der Waals surface area contributed by atoms with Gasteiger partial charge in [-0.15, -0.1) is 0 Å². The van der Waals surface area contributed by atoms with Gasteiger partial charge in [0.05, 0.1) is 0 Å². The lowest BCUT2D eigenvalue weighted by Gasteiger charge is -2.21. The Hall–Kier alpha value is -1.90. The summed E-state index contributed by atoms with van der Waals surface area (Å²) in [7, 11) is 0. The van der Waals surface area contributed by atoms with Crippen molar-refractivity contribution in [2.75, 3.05) is 0 Å². The Labute approximate surface area is 162 Å². The molecule has 3 rings (SSSR count). The van der Waals surface area contributed by atoms with Crippen LogP contribution >= 0.6 is 0 Å². The van der Waals surface area contributed by atoms with Gasteiger partial charge in [0.25, 0.3) is 0 Å². The van der Waals surface area contributed by atoms with Crippen LogP contribution in [0.15, 0.2) is 35.6 Å². The second-order valence-electron chi connectivity index (χ2n) is 8.20. The number of hydrogen-bond donors (Lipinski definition) is 1. The Bertz CT molecular complexity index is 695. The predicted octanol–water partition coefficient (Wildman–Crippen LogP) is 6.58. The van der Waals surface area contributed by atoms with Crippen molar-refractivity contribution in [2.24, 2.45) is 5.92 Å². The summed E-state index contributed by atoms with van der Waals surface area (Å²) in [6, 6.07) is 6.76. The Kier molecular flexibility index (Phi) is 7.25. The van der Waals surface area contributed by atoms with E-state index in [4.69, 9.17) is 0 Å². The van der Waals surface area contributed by atoms with Crippen LogP contribution in [-0.4, -0.2) is 16.7 Å². The van der Waals surface area contributed by atoms with Gasteiger partial charge >= 0.3 is 0 Å². The van der Waals surface area contributed by atoms with Gasteiger partial charge in [0.2, 0.25) is 5.78 Å². The number of benzene rings is 1. The molecule has 2 aliphatic rings. The fourth-order valence-electron chi connectivity index (χ4n) is 4.56. The first-order valence-corrected chi connectivity index (χ1v) is 10.8. The van der Waals surface area contributed by atoms with Gasteiger partial charge in [0, 0.05) is 16.7 Å². The van der Waals surface area contributed by atoms with Gasteiger partial charge in [-0.2, -0.15) is 0 Å². The van der Waals surface area contributed by atoms with E-state index in [9.17, 15) is 14.7 Å². The molecule has 0 bridgehead atoms. The van der Waals surface area contributed by atoms with Crippen LogP contribution < -0.4 is 0 Å². The molecule has 1 fully saturated rings. The van der Waals surface area contributed by atoms with Crippen molar-refractivity contribution in [3.8, 4) is 0 Å². The van der Waals surface area contributed by atoms with Crippen LogP contribution in [0.2, 0.25) is 0 Å². The molecule has 0 heterocycles. The fraction of sp³-hybridized carbons (Fsp3) is 0.583. The van der Waals surface area contributed by atoms with Gasteiger partial charge in [0.15, 0.2) is 11.5 Å². The molecule has 146 valence electrons. The number of aliphatic hydroxyl groups excluding tert-OH is 1. The molecular weight excluding hydrogens is 336 g/mol. The highest BCUT2D eigenvalue weighted by Crippen LogP contribution is 2.29. The molecule has 2 aliphatic carbocycles. The average molecular weight is 369 g/mol. The number of allylic oxidation sites excluding steroid dienone is 2. The minimum atomic E-state index is -0.414. The van der Waals surface area contributed by atoms with Gasteiger partial charge in [-0.05, 0) is 18.8 Å². The zero-order valence-electron chi connectivity index (χ0n) is 16.3. The third-order valence-electron chi connectivity index (χ3n) is 6.21.